The first-order valence-electron chi connectivity index (χ1n) is 6.39. The predicted molar refractivity (Wildman–Crippen MR) is 80.6 cm³/mol. The number of hydrazone groups is 1. The zero-order valence-corrected chi connectivity index (χ0v) is 11.5. The Morgan fingerprint density at radius 2 is 2.05 bits per heavy atom. The summed E-state index contributed by atoms with van der Waals surface area (Å²) < 4.78 is 0. The zero-order chi connectivity index (χ0) is 15.9. The number of phenolic OH excluding ortho intramolecular Hbond substituents is 1. The average molecular weight is 299 g/mol. The highest BCUT2D eigenvalue weighted by atomic mass is 16.6. The largest absolute Gasteiger partial charge is 0.508 e. The summed E-state index contributed by atoms with van der Waals surface area (Å²) in [6, 6.07) is 12.4. The van der Waals surface area contributed by atoms with Crippen LogP contribution in [-0.2, 0) is 11.2 Å². The highest BCUT2D eigenvalue weighted by Crippen LogP contribution is 2.15. The number of nitro benzene ring substituents is 1. The Bertz CT molecular complexity index is 728. The van der Waals surface area contributed by atoms with Crippen LogP contribution in [0.4, 0.5) is 5.69 Å². The minimum atomic E-state index is -0.518. The van der Waals surface area contributed by atoms with Crippen molar-refractivity contribution < 1.29 is 14.8 Å². The maximum absolute atomic E-state index is 11.7. The number of hydrogen-bond donors (Lipinski definition) is 2. The molecule has 0 aliphatic carbocycles. The van der Waals surface area contributed by atoms with Gasteiger partial charge in [0.2, 0.25) is 5.91 Å². The summed E-state index contributed by atoms with van der Waals surface area (Å²) in [6.45, 7) is 0. The number of nitrogens with zero attached hydrogens (tertiary/aromatic N) is 2. The van der Waals surface area contributed by atoms with Crippen LogP contribution in [0, 0.1) is 10.1 Å². The summed E-state index contributed by atoms with van der Waals surface area (Å²) in [6.07, 6.45) is 1.27. The maximum atomic E-state index is 11.7. The van der Waals surface area contributed by atoms with Gasteiger partial charge in [-0.2, -0.15) is 5.10 Å². The first-order chi connectivity index (χ1) is 10.6. The van der Waals surface area contributed by atoms with Gasteiger partial charge in [-0.1, -0.05) is 24.3 Å². The predicted octanol–water partition coefficient (Wildman–Crippen LogP) is 1.99. The Kier molecular flexibility index (Phi) is 4.81. The van der Waals surface area contributed by atoms with Gasteiger partial charge in [-0.3, -0.25) is 14.9 Å². The van der Waals surface area contributed by atoms with Gasteiger partial charge in [0.25, 0.3) is 5.69 Å². The lowest BCUT2D eigenvalue weighted by Crippen LogP contribution is -2.19. The van der Waals surface area contributed by atoms with Gasteiger partial charge in [-0.15, -0.1) is 0 Å². The van der Waals surface area contributed by atoms with E-state index in [2.05, 4.69) is 10.5 Å². The summed E-state index contributed by atoms with van der Waals surface area (Å²) in [4.78, 5) is 22.0. The molecule has 1 amide bonds. The van der Waals surface area contributed by atoms with Crippen molar-refractivity contribution in [2.45, 2.75) is 6.42 Å². The van der Waals surface area contributed by atoms with Crippen molar-refractivity contribution in [1.82, 2.24) is 5.43 Å². The van der Waals surface area contributed by atoms with Crippen LogP contribution in [0.3, 0.4) is 0 Å². The minimum Gasteiger partial charge on any atom is -0.508 e. The molecule has 0 heterocycles. The first-order valence-corrected chi connectivity index (χ1v) is 6.39. The quantitative estimate of drug-likeness (QED) is 0.500. The van der Waals surface area contributed by atoms with E-state index in [1.807, 2.05) is 0 Å². The van der Waals surface area contributed by atoms with Gasteiger partial charge in [0, 0.05) is 6.07 Å². The molecular weight excluding hydrogens is 286 g/mol. The Labute approximate surface area is 126 Å². The van der Waals surface area contributed by atoms with Crippen molar-refractivity contribution in [3.8, 4) is 5.75 Å². The molecule has 7 nitrogen and oxygen atoms in total. The maximum Gasteiger partial charge on any atom is 0.278 e. The molecule has 22 heavy (non-hydrogen) atoms. The van der Waals surface area contributed by atoms with Crippen LogP contribution in [0.15, 0.2) is 53.6 Å². The summed E-state index contributed by atoms with van der Waals surface area (Å²) in [5.74, 6) is -0.311. The number of nitrogens with one attached hydrogen (secondary N) is 1. The number of carbonyl (C=O) groups excluding carboxylic acids is 1. The first kappa shape index (κ1) is 15.2. The lowest BCUT2D eigenvalue weighted by atomic mass is 10.1. The fourth-order valence-electron chi connectivity index (χ4n) is 1.83. The van der Waals surface area contributed by atoms with E-state index in [0.29, 0.717) is 11.1 Å². The van der Waals surface area contributed by atoms with E-state index in [0.717, 1.165) is 0 Å². The van der Waals surface area contributed by atoms with E-state index in [4.69, 9.17) is 0 Å². The SMILES string of the molecule is O=C(Cc1cccc(O)c1)NN=Cc1ccccc1[N+](=O)[O-]. The number of aromatic hydroxyl groups is 1. The van der Waals surface area contributed by atoms with Crippen molar-refractivity contribution in [3.05, 3.63) is 69.8 Å². The van der Waals surface area contributed by atoms with Crippen molar-refractivity contribution in [2.24, 2.45) is 5.10 Å². The highest BCUT2D eigenvalue weighted by Gasteiger charge is 2.10. The molecule has 0 spiro atoms. The van der Waals surface area contributed by atoms with Crippen LogP contribution in [-0.4, -0.2) is 22.2 Å². The molecule has 0 bridgehead atoms. The number of rotatable bonds is 5. The molecule has 2 aromatic carbocycles. The van der Waals surface area contributed by atoms with E-state index >= 15 is 0 Å². The topological polar surface area (TPSA) is 105 Å². The molecule has 0 aromatic heterocycles. The molecule has 7 heteroatoms. The monoisotopic (exact) mass is 299 g/mol. The number of benzene rings is 2. The van der Waals surface area contributed by atoms with Crippen LogP contribution < -0.4 is 5.43 Å². The van der Waals surface area contributed by atoms with E-state index in [1.165, 1.54) is 30.5 Å². The molecule has 2 N–H and O–H groups in total. The molecule has 0 saturated carbocycles. The van der Waals surface area contributed by atoms with Crippen LogP contribution >= 0.6 is 0 Å². The van der Waals surface area contributed by atoms with Gasteiger partial charge in [0.05, 0.1) is 23.1 Å². The number of nitro groups is 1. The third-order valence-corrected chi connectivity index (χ3v) is 2.80. The van der Waals surface area contributed by atoms with E-state index in [9.17, 15) is 20.0 Å². The number of para-hydroxylation sites is 1. The van der Waals surface area contributed by atoms with E-state index < -0.39 is 4.92 Å². The second-order valence-corrected chi connectivity index (χ2v) is 4.46. The summed E-state index contributed by atoms with van der Waals surface area (Å²) in [5, 5.41) is 23.8. The van der Waals surface area contributed by atoms with Gasteiger partial charge in [-0.05, 0) is 23.8 Å². The van der Waals surface area contributed by atoms with Gasteiger partial charge < -0.3 is 5.11 Å². The fourth-order valence-corrected chi connectivity index (χ4v) is 1.83. The molecule has 0 atom stereocenters. The average Bonchev–Trinajstić information content (AvgIpc) is 2.47. The van der Waals surface area contributed by atoms with Crippen LogP contribution in [0.25, 0.3) is 0 Å². The van der Waals surface area contributed by atoms with Crippen molar-refractivity contribution in [1.29, 1.82) is 0 Å². The zero-order valence-electron chi connectivity index (χ0n) is 11.5. The van der Waals surface area contributed by atoms with Crippen LogP contribution in [0.2, 0.25) is 0 Å². The highest BCUT2D eigenvalue weighted by molar-refractivity contribution is 5.86. The Morgan fingerprint density at radius 3 is 2.77 bits per heavy atom. The summed E-state index contributed by atoms with van der Waals surface area (Å²) in [7, 11) is 0. The molecule has 0 fully saturated rings. The second kappa shape index (κ2) is 6.98. The van der Waals surface area contributed by atoms with Gasteiger partial charge in [0.15, 0.2) is 0 Å². The number of amides is 1. The van der Waals surface area contributed by atoms with Crippen LogP contribution in [0.1, 0.15) is 11.1 Å². The molecule has 2 rings (SSSR count). The van der Waals surface area contributed by atoms with E-state index in [1.54, 1.807) is 24.3 Å². The molecule has 0 saturated heterocycles. The molecule has 0 unspecified atom stereocenters. The smallest absolute Gasteiger partial charge is 0.278 e. The molecule has 0 radical (unpaired) electrons. The third-order valence-electron chi connectivity index (χ3n) is 2.80. The van der Waals surface area contributed by atoms with Gasteiger partial charge >= 0.3 is 0 Å². The van der Waals surface area contributed by atoms with Crippen molar-refractivity contribution >= 4 is 17.8 Å². The molecule has 112 valence electrons. The standard InChI is InChI=1S/C15H13N3O4/c19-13-6-3-4-11(8-13)9-15(20)17-16-10-12-5-1-2-7-14(12)18(21)22/h1-8,10,19H,9H2,(H,17,20). The minimum absolute atomic E-state index is 0.0443. The molecule has 0 aliphatic rings. The lowest BCUT2D eigenvalue weighted by molar-refractivity contribution is -0.385. The van der Waals surface area contributed by atoms with Crippen molar-refractivity contribution in [2.75, 3.05) is 0 Å². The summed E-state index contributed by atoms with van der Waals surface area (Å²) in [5.41, 5.74) is 3.14. The normalized spacial score (nSPS) is 10.5. The Hall–Kier alpha value is -3.22. The number of hydrogen-bond acceptors (Lipinski definition) is 5. The number of carbonyl (C=O) groups is 1. The lowest BCUT2D eigenvalue weighted by Gasteiger charge is -2.01. The Balaban J connectivity index is 1.98. The van der Waals surface area contributed by atoms with E-state index in [-0.39, 0.29) is 23.8 Å². The second-order valence-electron chi connectivity index (χ2n) is 4.46. The third kappa shape index (κ3) is 4.14. The molecule has 2 aromatic rings. The Morgan fingerprint density at radius 1 is 1.27 bits per heavy atom. The van der Waals surface area contributed by atoms with Gasteiger partial charge in [-0.25, -0.2) is 5.43 Å². The van der Waals surface area contributed by atoms with Gasteiger partial charge in [0.1, 0.15) is 5.75 Å². The van der Waals surface area contributed by atoms with Crippen molar-refractivity contribution in [3.63, 3.8) is 0 Å². The van der Waals surface area contributed by atoms with Crippen LogP contribution in [0.5, 0.6) is 5.75 Å². The molecular formula is C15H13N3O4. The fraction of sp³-hybridized carbons (Fsp3) is 0.0667. The molecule has 0 aliphatic heterocycles. The summed E-state index contributed by atoms with van der Waals surface area (Å²) >= 11 is 0. The number of phenols is 1.